The first-order valence-electron chi connectivity index (χ1n) is 28.0. The minimum atomic E-state index is -4.75. The fraction of sp³-hybridized carbons (Fsp3) is 0.279. The van der Waals surface area contributed by atoms with Gasteiger partial charge in [-0.2, -0.15) is 0 Å². The zero-order valence-corrected chi connectivity index (χ0v) is 46.9. The first-order chi connectivity index (χ1) is 40.3. The van der Waals surface area contributed by atoms with Gasteiger partial charge in [0.15, 0.2) is 5.60 Å². The van der Waals surface area contributed by atoms with E-state index in [-0.39, 0.29) is 44.5 Å². The van der Waals surface area contributed by atoms with Crippen LogP contribution in [0.5, 0.6) is 23.0 Å². The molecule has 1 aliphatic carbocycles. The van der Waals surface area contributed by atoms with Crippen molar-refractivity contribution in [3.63, 3.8) is 0 Å². The van der Waals surface area contributed by atoms with Gasteiger partial charge >= 0.3 is 13.8 Å². The molecule has 8 atom stereocenters. The standard InChI is InChI=1S/C68H67O13P/c1-3-4-5-23-40-72-53-36-38-57-59(41-53)78-60-42-54(37-39-58(60)68(57)56-35-22-21-34-55(56)67(69)79-68)80-82(70,71-2)81-66-64(76-46-51-30-17-9-18-31-51)62(74-44-49-26-13-7-14-27-49)61(73-43-48-24-11-6-12-25-48)63(75-45-50-28-15-8-16-29-50)65(66)77-47-52-32-19-10-20-33-52/h6-22,24-39,41-42,61-66H,3-5,23,40,43-47H2,1-2H3/t61?,62-,63+,64-,65-,66?,68?,82?/m1/s1. The molecule has 8 aromatic carbocycles. The van der Waals surface area contributed by atoms with Gasteiger partial charge in [0.05, 0.1) is 45.2 Å². The number of ether oxygens (including phenoxy) is 8. The number of fused-ring (bicyclic) bond motifs is 6. The molecule has 1 saturated carbocycles. The molecule has 0 saturated heterocycles. The fourth-order valence-electron chi connectivity index (χ4n) is 10.9. The van der Waals surface area contributed by atoms with Gasteiger partial charge in [0.2, 0.25) is 0 Å². The second-order valence-corrected chi connectivity index (χ2v) is 22.2. The maximum absolute atomic E-state index is 15.8. The third-order valence-corrected chi connectivity index (χ3v) is 16.4. The molecule has 11 rings (SSSR count). The predicted molar refractivity (Wildman–Crippen MR) is 310 cm³/mol. The third kappa shape index (κ3) is 12.9. The van der Waals surface area contributed by atoms with Gasteiger partial charge in [-0.05, 0) is 64.6 Å². The summed E-state index contributed by atoms with van der Waals surface area (Å²) >= 11 is 0. The van der Waals surface area contributed by atoms with Crippen molar-refractivity contribution in [3.8, 4) is 23.0 Å². The summed E-state index contributed by atoms with van der Waals surface area (Å²) in [7, 11) is -3.48. The van der Waals surface area contributed by atoms with E-state index in [0.717, 1.165) is 53.5 Å². The first kappa shape index (κ1) is 56.4. The molecule has 0 aromatic heterocycles. The number of rotatable bonds is 26. The molecular weight excluding hydrogens is 1060 g/mol. The Labute approximate surface area is 479 Å². The third-order valence-electron chi connectivity index (χ3n) is 15.0. The normalized spacial score (nSPS) is 21.3. The van der Waals surface area contributed by atoms with Crippen molar-refractivity contribution >= 4 is 13.8 Å². The molecule has 3 aliphatic rings. The van der Waals surface area contributed by atoms with Crippen molar-refractivity contribution in [1.29, 1.82) is 0 Å². The van der Waals surface area contributed by atoms with Crippen LogP contribution in [0.2, 0.25) is 0 Å². The van der Waals surface area contributed by atoms with Crippen LogP contribution < -0.4 is 14.0 Å². The molecule has 1 fully saturated rings. The van der Waals surface area contributed by atoms with Crippen molar-refractivity contribution in [1.82, 2.24) is 0 Å². The van der Waals surface area contributed by atoms with Crippen LogP contribution in [0.3, 0.4) is 0 Å². The lowest BCUT2D eigenvalue weighted by Crippen LogP contribution is -2.67. The second-order valence-electron chi connectivity index (χ2n) is 20.5. The highest BCUT2D eigenvalue weighted by Crippen LogP contribution is 2.59. The molecule has 82 heavy (non-hydrogen) atoms. The second kappa shape index (κ2) is 26.7. The predicted octanol–water partition coefficient (Wildman–Crippen LogP) is 14.7. The van der Waals surface area contributed by atoms with E-state index in [1.807, 2.05) is 188 Å². The summed E-state index contributed by atoms with van der Waals surface area (Å²) < 4.78 is 90.1. The Balaban J connectivity index is 0.994. The molecule has 0 radical (unpaired) electrons. The maximum Gasteiger partial charge on any atom is 0.530 e. The van der Waals surface area contributed by atoms with E-state index in [0.29, 0.717) is 40.4 Å². The van der Waals surface area contributed by atoms with E-state index in [1.165, 1.54) is 7.11 Å². The number of phosphoric ester groups is 1. The Morgan fingerprint density at radius 2 is 0.854 bits per heavy atom. The number of carbonyl (C=O) groups excluding carboxylic acids is 1. The largest absolute Gasteiger partial charge is 0.530 e. The van der Waals surface area contributed by atoms with Crippen molar-refractivity contribution < 1.29 is 60.8 Å². The Morgan fingerprint density at radius 3 is 1.29 bits per heavy atom. The number of carbonyl (C=O) groups is 1. The van der Waals surface area contributed by atoms with Gasteiger partial charge in [-0.3, -0.25) is 9.05 Å². The Hall–Kier alpha value is -7.42. The average molecular weight is 1120 g/mol. The van der Waals surface area contributed by atoms with Crippen LogP contribution in [0, 0.1) is 0 Å². The van der Waals surface area contributed by atoms with E-state index in [1.54, 1.807) is 24.3 Å². The van der Waals surface area contributed by atoms with Crippen LogP contribution in [0.4, 0.5) is 0 Å². The van der Waals surface area contributed by atoms with E-state index >= 15 is 4.57 Å². The smallest absolute Gasteiger partial charge is 0.493 e. The van der Waals surface area contributed by atoms with Crippen LogP contribution in [-0.4, -0.2) is 56.3 Å². The fourth-order valence-corrected chi connectivity index (χ4v) is 12.0. The number of hydrogen-bond donors (Lipinski definition) is 0. The summed E-state index contributed by atoms with van der Waals surface area (Å²) in [4.78, 5) is 13.8. The molecular formula is C68H67O13P. The van der Waals surface area contributed by atoms with Crippen molar-refractivity contribution in [2.24, 2.45) is 0 Å². The molecule has 14 heteroatoms. The van der Waals surface area contributed by atoms with Crippen molar-refractivity contribution in [3.05, 3.63) is 262 Å². The number of esters is 1. The molecule has 8 aromatic rings. The molecule has 0 amide bonds. The summed E-state index contributed by atoms with van der Waals surface area (Å²) in [5.74, 6) is 0.888. The molecule has 2 heterocycles. The van der Waals surface area contributed by atoms with Gasteiger partial charge in [-0.15, -0.1) is 0 Å². The molecule has 0 bridgehead atoms. The average Bonchev–Trinajstić information content (AvgIpc) is 2.29. The lowest BCUT2D eigenvalue weighted by Gasteiger charge is -2.49. The van der Waals surface area contributed by atoms with Crippen molar-refractivity contribution in [2.75, 3.05) is 13.7 Å². The van der Waals surface area contributed by atoms with Crippen LogP contribution in [-0.2, 0) is 80.7 Å². The Morgan fingerprint density at radius 1 is 0.451 bits per heavy atom. The van der Waals surface area contributed by atoms with Gasteiger partial charge in [0, 0.05) is 35.9 Å². The summed E-state index contributed by atoms with van der Waals surface area (Å²) in [5, 5.41) is 0. The lowest BCUT2D eigenvalue weighted by molar-refractivity contribution is -0.280. The van der Waals surface area contributed by atoms with Crippen LogP contribution in [0.15, 0.2) is 212 Å². The summed E-state index contributed by atoms with van der Waals surface area (Å²) in [6.45, 7) is 3.40. The molecule has 2 aliphatic heterocycles. The number of phosphoric acid groups is 1. The summed E-state index contributed by atoms with van der Waals surface area (Å²) in [5.41, 5.74) is 5.31. The first-order valence-corrected chi connectivity index (χ1v) is 29.5. The summed E-state index contributed by atoms with van der Waals surface area (Å²) in [6.07, 6.45) is -2.00. The lowest BCUT2D eigenvalue weighted by atomic mass is 9.77. The van der Waals surface area contributed by atoms with E-state index in [2.05, 4.69) is 6.92 Å². The van der Waals surface area contributed by atoms with Gasteiger partial charge in [0.1, 0.15) is 59.6 Å². The molecule has 4 unspecified atom stereocenters. The van der Waals surface area contributed by atoms with Crippen LogP contribution in [0.1, 0.15) is 87.5 Å². The summed E-state index contributed by atoms with van der Waals surface area (Å²) in [6, 6.07) is 66.9. The SMILES string of the molecule is CCCCCCOc1ccc2c(c1)Oc1cc(OP(=O)(OC)OC3[C@H](OCc4ccccc4)[C@H](OCc4ccccc4)C(OCc4ccccc4)[C@H](OCc4ccccc4)[C@H]3OCc3ccccc3)ccc1C21OC(=O)c2ccccc21. The zero-order chi connectivity index (χ0) is 56.1. The number of unbranched alkanes of at least 4 members (excludes halogenated alkanes) is 3. The maximum atomic E-state index is 15.8. The van der Waals surface area contributed by atoms with Gasteiger partial charge in [0.25, 0.3) is 0 Å². The van der Waals surface area contributed by atoms with Gasteiger partial charge in [-0.25, -0.2) is 9.36 Å². The highest BCUT2D eigenvalue weighted by atomic mass is 31.2. The van der Waals surface area contributed by atoms with E-state index in [9.17, 15) is 4.79 Å². The number of hydrogen-bond acceptors (Lipinski definition) is 13. The highest BCUT2D eigenvalue weighted by molar-refractivity contribution is 7.48. The van der Waals surface area contributed by atoms with Gasteiger partial charge in [-0.1, -0.05) is 196 Å². The monoisotopic (exact) mass is 1120 g/mol. The topological polar surface area (TPSA) is 136 Å². The zero-order valence-electron chi connectivity index (χ0n) is 46.0. The van der Waals surface area contributed by atoms with Crippen LogP contribution in [0.25, 0.3) is 0 Å². The van der Waals surface area contributed by atoms with Crippen LogP contribution >= 0.6 is 7.82 Å². The molecule has 0 N–H and O–H groups in total. The van der Waals surface area contributed by atoms with E-state index in [4.69, 9.17) is 51.5 Å². The molecule has 422 valence electrons. The quantitative estimate of drug-likeness (QED) is 0.0289. The van der Waals surface area contributed by atoms with Crippen molar-refractivity contribution in [2.45, 2.75) is 108 Å². The minimum absolute atomic E-state index is 0.0700. The number of benzene rings is 8. The van der Waals surface area contributed by atoms with E-state index < -0.39 is 56.0 Å². The Kier molecular flexibility index (Phi) is 18.3. The van der Waals surface area contributed by atoms with Gasteiger partial charge < -0.3 is 42.4 Å². The highest BCUT2D eigenvalue weighted by Gasteiger charge is 2.58. The minimum Gasteiger partial charge on any atom is -0.493 e. The molecule has 1 spiro atoms. The molecule has 13 nitrogen and oxygen atoms in total. The Bertz CT molecular complexity index is 3290.